The normalized spacial score (nSPS) is 16.3. The zero-order valence-electron chi connectivity index (χ0n) is 13.1. The van der Waals surface area contributed by atoms with Crippen LogP contribution >= 0.6 is 34.8 Å². The predicted molar refractivity (Wildman–Crippen MR) is 108 cm³/mol. The van der Waals surface area contributed by atoms with Gasteiger partial charge in [-0.1, -0.05) is 18.2 Å². The number of aryl methyl sites for hydroxylation is 1. The van der Waals surface area contributed by atoms with E-state index in [-0.39, 0.29) is 16.4 Å². The zero-order chi connectivity index (χ0) is 18.1. The number of aromatic hydroxyl groups is 1. The maximum absolute atomic E-state index is 12.9. The van der Waals surface area contributed by atoms with Crippen LogP contribution in [-0.4, -0.2) is 22.0 Å². The van der Waals surface area contributed by atoms with Crippen molar-refractivity contribution in [1.29, 1.82) is 0 Å². The lowest BCUT2D eigenvalue weighted by Gasteiger charge is -2.29. The molecule has 1 aliphatic rings. The third-order valence-electron chi connectivity index (χ3n) is 3.64. The van der Waals surface area contributed by atoms with Crippen molar-refractivity contribution >= 4 is 63.5 Å². The number of phenols is 1. The van der Waals surface area contributed by atoms with Gasteiger partial charge in [-0.25, -0.2) is 0 Å². The van der Waals surface area contributed by atoms with E-state index in [1.54, 1.807) is 18.2 Å². The molecule has 0 radical (unpaired) electrons. The highest BCUT2D eigenvalue weighted by Gasteiger charge is 2.34. The molecular weight excluding hydrogens is 451 g/mol. The number of amides is 2. The largest absolute Gasteiger partial charge is 0.507 e. The topological polar surface area (TPSA) is 69.6 Å². The van der Waals surface area contributed by atoms with Crippen LogP contribution in [0.25, 0.3) is 6.08 Å². The minimum atomic E-state index is -0.540. The Morgan fingerprint density at radius 3 is 2.64 bits per heavy atom. The van der Waals surface area contributed by atoms with Gasteiger partial charge >= 0.3 is 0 Å². The van der Waals surface area contributed by atoms with Crippen molar-refractivity contribution in [2.75, 3.05) is 4.90 Å². The molecule has 2 aromatic carbocycles. The molecule has 0 aromatic heterocycles. The summed E-state index contributed by atoms with van der Waals surface area (Å²) in [6.45, 7) is 1.91. The summed E-state index contributed by atoms with van der Waals surface area (Å²) < 4.78 is 0.627. The van der Waals surface area contributed by atoms with Crippen molar-refractivity contribution in [1.82, 2.24) is 5.32 Å². The van der Waals surface area contributed by atoms with Crippen LogP contribution in [0, 0.1) is 10.5 Å². The zero-order valence-corrected chi connectivity index (χ0v) is 16.1. The molecule has 0 atom stereocenters. The van der Waals surface area contributed by atoms with Gasteiger partial charge in [0.25, 0.3) is 11.8 Å². The molecule has 126 valence electrons. The molecule has 25 heavy (non-hydrogen) atoms. The van der Waals surface area contributed by atoms with Gasteiger partial charge in [-0.3, -0.25) is 19.8 Å². The van der Waals surface area contributed by atoms with Gasteiger partial charge in [0.1, 0.15) is 11.3 Å². The SMILES string of the molecule is Cc1cccc(N2C(=O)/C(=C/c3ccc(O)c(I)c3)C(=O)NC2=S)c1. The van der Waals surface area contributed by atoms with Crippen molar-refractivity contribution in [3.8, 4) is 5.75 Å². The summed E-state index contributed by atoms with van der Waals surface area (Å²) in [5, 5.41) is 12.2. The third-order valence-corrected chi connectivity index (χ3v) is 4.79. The molecule has 1 fully saturated rings. The van der Waals surface area contributed by atoms with Crippen LogP contribution in [0.4, 0.5) is 5.69 Å². The molecule has 2 N–H and O–H groups in total. The molecule has 1 saturated heterocycles. The fourth-order valence-electron chi connectivity index (χ4n) is 2.44. The molecule has 5 nitrogen and oxygen atoms in total. The molecule has 0 bridgehead atoms. The molecule has 0 aliphatic carbocycles. The quantitative estimate of drug-likeness (QED) is 0.310. The first-order valence-corrected chi connectivity index (χ1v) is 8.82. The minimum absolute atomic E-state index is 0.0170. The Bertz CT molecular complexity index is 940. The second-order valence-corrected chi connectivity index (χ2v) is 7.06. The number of hydrogen-bond acceptors (Lipinski definition) is 4. The predicted octanol–water partition coefficient (Wildman–Crippen LogP) is 3.14. The molecule has 1 aliphatic heterocycles. The molecule has 0 unspecified atom stereocenters. The number of thiocarbonyl (C=S) groups is 1. The number of nitrogens with one attached hydrogen (secondary N) is 1. The molecule has 0 spiro atoms. The van der Waals surface area contributed by atoms with E-state index in [9.17, 15) is 14.7 Å². The Kier molecular flexibility index (Phi) is 4.87. The van der Waals surface area contributed by atoms with Crippen LogP contribution in [0.2, 0.25) is 0 Å². The number of carbonyl (C=O) groups excluding carboxylic acids is 2. The van der Waals surface area contributed by atoms with Crippen LogP contribution in [0.15, 0.2) is 48.0 Å². The number of carbonyl (C=O) groups is 2. The van der Waals surface area contributed by atoms with E-state index >= 15 is 0 Å². The fraction of sp³-hybridized carbons (Fsp3) is 0.0556. The van der Waals surface area contributed by atoms with Crippen molar-refractivity contribution in [3.63, 3.8) is 0 Å². The summed E-state index contributed by atoms with van der Waals surface area (Å²) in [4.78, 5) is 26.4. The van der Waals surface area contributed by atoms with Gasteiger partial charge < -0.3 is 5.11 Å². The lowest BCUT2D eigenvalue weighted by molar-refractivity contribution is -0.122. The van der Waals surface area contributed by atoms with E-state index in [0.717, 1.165) is 5.56 Å². The second kappa shape index (κ2) is 6.93. The number of hydrogen-bond donors (Lipinski definition) is 2. The Balaban J connectivity index is 2.03. The third kappa shape index (κ3) is 3.57. The monoisotopic (exact) mass is 464 g/mol. The fourth-order valence-corrected chi connectivity index (χ4v) is 3.26. The van der Waals surface area contributed by atoms with E-state index < -0.39 is 11.8 Å². The van der Waals surface area contributed by atoms with Crippen molar-refractivity contribution < 1.29 is 14.7 Å². The maximum Gasteiger partial charge on any atom is 0.270 e. The Hall–Kier alpha value is -2.26. The highest BCUT2D eigenvalue weighted by atomic mass is 127. The summed E-state index contributed by atoms with van der Waals surface area (Å²) in [6.07, 6.45) is 1.49. The van der Waals surface area contributed by atoms with E-state index in [4.69, 9.17) is 12.2 Å². The summed E-state index contributed by atoms with van der Waals surface area (Å²) in [6, 6.07) is 12.2. The van der Waals surface area contributed by atoms with Gasteiger partial charge in [-0.15, -0.1) is 0 Å². The average molecular weight is 464 g/mol. The lowest BCUT2D eigenvalue weighted by atomic mass is 10.1. The standard InChI is InChI=1S/C18H13IN2O3S/c1-10-3-2-4-12(7-10)21-17(24)13(16(23)20-18(21)25)8-11-5-6-15(22)14(19)9-11/h2-9,22H,1H3,(H,20,23,25)/b13-8+. The van der Waals surface area contributed by atoms with E-state index in [1.807, 2.05) is 47.7 Å². The molecule has 3 rings (SSSR count). The van der Waals surface area contributed by atoms with Crippen LogP contribution in [0.3, 0.4) is 0 Å². The molecule has 2 amide bonds. The van der Waals surface area contributed by atoms with Crippen LogP contribution in [0.1, 0.15) is 11.1 Å². The molecule has 7 heteroatoms. The molecule has 0 saturated carbocycles. The second-order valence-electron chi connectivity index (χ2n) is 5.51. The first-order chi connectivity index (χ1) is 11.9. The smallest absolute Gasteiger partial charge is 0.270 e. The van der Waals surface area contributed by atoms with E-state index in [1.165, 1.54) is 17.0 Å². The highest BCUT2D eigenvalue weighted by molar-refractivity contribution is 14.1. The van der Waals surface area contributed by atoms with Crippen molar-refractivity contribution in [3.05, 3.63) is 62.7 Å². The van der Waals surface area contributed by atoms with Gasteiger partial charge in [0.05, 0.1) is 9.26 Å². The van der Waals surface area contributed by atoms with Crippen LogP contribution in [0.5, 0.6) is 5.75 Å². The summed E-state index contributed by atoms with van der Waals surface area (Å²) >= 11 is 7.15. The van der Waals surface area contributed by atoms with Gasteiger partial charge in [0.15, 0.2) is 5.11 Å². The minimum Gasteiger partial charge on any atom is -0.507 e. The Morgan fingerprint density at radius 1 is 1.20 bits per heavy atom. The number of anilines is 1. The van der Waals surface area contributed by atoms with Crippen molar-refractivity contribution in [2.24, 2.45) is 0 Å². The molecular formula is C18H13IN2O3S. The highest BCUT2D eigenvalue weighted by Crippen LogP contribution is 2.25. The van der Waals surface area contributed by atoms with Gasteiger partial charge in [-0.05, 0) is 83.2 Å². The first kappa shape index (κ1) is 17.6. The first-order valence-electron chi connectivity index (χ1n) is 7.33. The van der Waals surface area contributed by atoms with Crippen LogP contribution in [-0.2, 0) is 9.59 Å². The summed E-state index contributed by atoms with van der Waals surface area (Å²) in [5.74, 6) is -0.880. The number of phenolic OH excluding ortho intramolecular Hbond substituents is 1. The van der Waals surface area contributed by atoms with Gasteiger partial charge in [0, 0.05) is 0 Å². The number of halogens is 1. The number of benzene rings is 2. The molecule has 2 aromatic rings. The number of rotatable bonds is 2. The maximum atomic E-state index is 12.9. The Labute approximate surface area is 163 Å². The Morgan fingerprint density at radius 2 is 1.96 bits per heavy atom. The summed E-state index contributed by atoms with van der Waals surface area (Å²) in [5.41, 5.74) is 2.19. The van der Waals surface area contributed by atoms with Crippen molar-refractivity contribution in [2.45, 2.75) is 6.92 Å². The van der Waals surface area contributed by atoms with E-state index in [0.29, 0.717) is 14.8 Å². The average Bonchev–Trinajstić information content (AvgIpc) is 2.54. The van der Waals surface area contributed by atoms with E-state index in [2.05, 4.69) is 5.32 Å². The summed E-state index contributed by atoms with van der Waals surface area (Å²) in [7, 11) is 0. The van der Waals surface area contributed by atoms with Gasteiger partial charge in [0.2, 0.25) is 0 Å². The molecule has 1 heterocycles. The van der Waals surface area contributed by atoms with Gasteiger partial charge in [-0.2, -0.15) is 0 Å². The lowest BCUT2D eigenvalue weighted by Crippen LogP contribution is -2.54. The number of nitrogens with zero attached hydrogens (tertiary/aromatic N) is 1. The van der Waals surface area contributed by atoms with Crippen LogP contribution < -0.4 is 10.2 Å².